The normalized spacial score (nSPS) is 11.0. The van der Waals surface area contributed by atoms with Gasteiger partial charge < -0.3 is 5.32 Å². The van der Waals surface area contributed by atoms with Crippen molar-refractivity contribution in [1.29, 1.82) is 0 Å². The number of carbonyl (C=O) groups excluding carboxylic acids is 1. The number of anilines is 1. The molecule has 3 rings (SSSR count). The Labute approximate surface area is 122 Å². The molecular weight excluding hydrogens is 264 g/mol. The first-order chi connectivity index (χ1) is 10.1. The maximum atomic E-state index is 11.8. The molecule has 0 aliphatic heterocycles. The molecule has 0 fully saturated rings. The fraction of sp³-hybridized carbons (Fsp3) is 0.188. The Bertz CT molecular complexity index is 792. The number of hydrogen-bond acceptors (Lipinski definition) is 3. The summed E-state index contributed by atoms with van der Waals surface area (Å²) in [6, 6.07) is 13.4. The van der Waals surface area contributed by atoms with Crippen LogP contribution in [0.3, 0.4) is 0 Å². The molecule has 0 radical (unpaired) electrons. The Morgan fingerprint density at radius 2 is 2.00 bits per heavy atom. The van der Waals surface area contributed by atoms with E-state index in [0.717, 1.165) is 22.7 Å². The molecule has 5 heteroatoms. The van der Waals surface area contributed by atoms with Crippen LogP contribution in [0.2, 0.25) is 0 Å². The van der Waals surface area contributed by atoms with E-state index >= 15 is 0 Å². The molecule has 0 aliphatic carbocycles. The molecular formula is C16H16N4O. The number of nitrogens with zero attached hydrogens (tertiary/aromatic N) is 3. The number of nitrogens with one attached hydrogen (secondary N) is 1. The minimum atomic E-state index is -0.0532. The van der Waals surface area contributed by atoms with Gasteiger partial charge in [0.05, 0.1) is 0 Å². The highest BCUT2D eigenvalue weighted by Gasteiger charge is 2.10. The second kappa shape index (κ2) is 5.36. The molecule has 0 saturated heterocycles. The van der Waals surface area contributed by atoms with Crippen molar-refractivity contribution in [3.8, 4) is 11.4 Å². The van der Waals surface area contributed by atoms with E-state index in [2.05, 4.69) is 15.5 Å². The highest BCUT2D eigenvalue weighted by Crippen LogP contribution is 2.22. The van der Waals surface area contributed by atoms with E-state index in [-0.39, 0.29) is 11.8 Å². The number of carbonyl (C=O) groups is 1. The van der Waals surface area contributed by atoms with Crippen LogP contribution in [0.4, 0.5) is 5.69 Å². The maximum Gasteiger partial charge on any atom is 0.226 e. The van der Waals surface area contributed by atoms with Crippen LogP contribution in [-0.2, 0) is 4.79 Å². The fourth-order valence-electron chi connectivity index (χ4n) is 2.06. The molecule has 3 aromatic rings. The second-order valence-corrected chi connectivity index (χ2v) is 5.18. The molecule has 1 N–H and O–H groups in total. The number of rotatable bonds is 3. The third-order valence-corrected chi connectivity index (χ3v) is 3.23. The Hall–Kier alpha value is -2.69. The van der Waals surface area contributed by atoms with Gasteiger partial charge in [-0.15, -0.1) is 10.2 Å². The number of aromatic nitrogens is 3. The zero-order valence-electron chi connectivity index (χ0n) is 11.9. The minimum Gasteiger partial charge on any atom is -0.326 e. The number of pyridine rings is 1. The van der Waals surface area contributed by atoms with Crippen molar-refractivity contribution in [1.82, 2.24) is 14.6 Å². The Morgan fingerprint density at radius 3 is 2.81 bits per heavy atom. The van der Waals surface area contributed by atoms with E-state index in [9.17, 15) is 4.79 Å². The zero-order chi connectivity index (χ0) is 14.8. The molecule has 2 heterocycles. The van der Waals surface area contributed by atoms with Crippen molar-refractivity contribution in [2.75, 3.05) is 5.32 Å². The zero-order valence-corrected chi connectivity index (χ0v) is 11.9. The summed E-state index contributed by atoms with van der Waals surface area (Å²) in [5.74, 6) is 0.701. The monoisotopic (exact) mass is 280 g/mol. The standard InChI is InChI=1S/C16H16N4O/c1-11(2)16(21)17-13-7-5-6-12(10-13)15-19-18-14-8-3-4-9-20(14)15/h3-11H,1-2H3,(H,17,21). The summed E-state index contributed by atoms with van der Waals surface area (Å²) in [7, 11) is 0. The van der Waals surface area contributed by atoms with Gasteiger partial charge in [-0.25, -0.2) is 0 Å². The summed E-state index contributed by atoms with van der Waals surface area (Å²) in [6.45, 7) is 3.73. The molecule has 0 bridgehead atoms. The first kappa shape index (κ1) is 13.3. The summed E-state index contributed by atoms with van der Waals surface area (Å²) >= 11 is 0. The molecule has 1 amide bonds. The highest BCUT2D eigenvalue weighted by atomic mass is 16.1. The minimum absolute atomic E-state index is 0.00162. The molecule has 2 aromatic heterocycles. The fourth-order valence-corrected chi connectivity index (χ4v) is 2.06. The van der Waals surface area contributed by atoms with Crippen LogP contribution in [0.15, 0.2) is 48.7 Å². The van der Waals surface area contributed by atoms with Gasteiger partial charge in [0.1, 0.15) is 0 Å². The van der Waals surface area contributed by atoms with Crippen molar-refractivity contribution in [3.05, 3.63) is 48.7 Å². The third-order valence-electron chi connectivity index (χ3n) is 3.23. The molecule has 5 nitrogen and oxygen atoms in total. The van der Waals surface area contributed by atoms with E-state index in [4.69, 9.17) is 0 Å². The largest absolute Gasteiger partial charge is 0.326 e. The van der Waals surface area contributed by atoms with Gasteiger partial charge in [0.25, 0.3) is 0 Å². The van der Waals surface area contributed by atoms with Crippen LogP contribution in [0.1, 0.15) is 13.8 Å². The Balaban J connectivity index is 1.98. The Morgan fingerprint density at radius 1 is 1.14 bits per heavy atom. The molecule has 0 aliphatic rings. The lowest BCUT2D eigenvalue weighted by molar-refractivity contribution is -0.118. The molecule has 0 saturated carbocycles. The highest BCUT2D eigenvalue weighted by molar-refractivity contribution is 5.92. The molecule has 21 heavy (non-hydrogen) atoms. The lowest BCUT2D eigenvalue weighted by atomic mass is 10.1. The van der Waals surface area contributed by atoms with Gasteiger partial charge >= 0.3 is 0 Å². The van der Waals surface area contributed by atoms with E-state index in [1.165, 1.54) is 0 Å². The second-order valence-electron chi connectivity index (χ2n) is 5.18. The van der Waals surface area contributed by atoms with E-state index in [1.807, 2.05) is 66.9 Å². The molecule has 106 valence electrons. The van der Waals surface area contributed by atoms with E-state index < -0.39 is 0 Å². The average Bonchev–Trinajstić information content (AvgIpc) is 2.91. The summed E-state index contributed by atoms with van der Waals surface area (Å²) in [6.07, 6.45) is 1.92. The molecule has 0 spiro atoms. The molecule has 0 atom stereocenters. The number of fused-ring (bicyclic) bond motifs is 1. The Kier molecular flexibility index (Phi) is 3.39. The summed E-state index contributed by atoms with van der Waals surface area (Å²) in [5.41, 5.74) is 2.47. The number of benzene rings is 1. The van der Waals surface area contributed by atoms with Crippen molar-refractivity contribution >= 4 is 17.2 Å². The van der Waals surface area contributed by atoms with Crippen LogP contribution in [0, 0.1) is 5.92 Å². The van der Waals surface area contributed by atoms with Gasteiger partial charge in [-0.05, 0) is 24.3 Å². The van der Waals surface area contributed by atoms with Crippen molar-refractivity contribution in [3.63, 3.8) is 0 Å². The van der Waals surface area contributed by atoms with Gasteiger partial charge in [0, 0.05) is 23.4 Å². The number of amides is 1. The number of hydrogen-bond donors (Lipinski definition) is 1. The SMILES string of the molecule is CC(C)C(=O)Nc1cccc(-c2nnc3ccccn23)c1. The van der Waals surface area contributed by atoms with Crippen LogP contribution in [0.5, 0.6) is 0 Å². The van der Waals surface area contributed by atoms with Gasteiger partial charge in [0.15, 0.2) is 11.5 Å². The van der Waals surface area contributed by atoms with E-state index in [0.29, 0.717) is 0 Å². The first-order valence-corrected chi connectivity index (χ1v) is 6.86. The quantitative estimate of drug-likeness (QED) is 0.802. The van der Waals surface area contributed by atoms with Crippen LogP contribution >= 0.6 is 0 Å². The van der Waals surface area contributed by atoms with Gasteiger partial charge in [-0.2, -0.15) is 0 Å². The topological polar surface area (TPSA) is 59.3 Å². The van der Waals surface area contributed by atoms with Crippen molar-refractivity contribution < 1.29 is 4.79 Å². The predicted octanol–water partition coefficient (Wildman–Crippen LogP) is 2.99. The average molecular weight is 280 g/mol. The summed E-state index contributed by atoms with van der Waals surface area (Å²) in [4.78, 5) is 11.8. The molecule has 1 aromatic carbocycles. The summed E-state index contributed by atoms with van der Waals surface area (Å²) in [5, 5.41) is 11.3. The predicted molar refractivity (Wildman–Crippen MR) is 81.9 cm³/mol. The van der Waals surface area contributed by atoms with Crippen LogP contribution in [0.25, 0.3) is 17.0 Å². The van der Waals surface area contributed by atoms with Crippen molar-refractivity contribution in [2.24, 2.45) is 5.92 Å². The first-order valence-electron chi connectivity index (χ1n) is 6.86. The molecule has 0 unspecified atom stereocenters. The summed E-state index contributed by atoms with van der Waals surface area (Å²) < 4.78 is 1.92. The maximum absolute atomic E-state index is 11.8. The van der Waals surface area contributed by atoms with Gasteiger partial charge in [-0.1, -0.05) is 32.0 Å². The van der Waals surface area contributed by atoms with Gasteiger partial charge in [-0.3, -0.25) is 9.20 Å². The lowest BCUT2D eigenvalue weighted by Crippen LogP contribution is -2.17. The van der Waals surface area contributed by atoms with Crippen LogP contribution < -0.4 is 5.32 Å². The third kappa shape index (κ3) is 2.63. The lowest BCUT2D eigenvalue weighted by Gasteiger charge is -2.08. The van der Waals surface area contributed by atoms with E-state index in [1.54, 1.807) is 0 Å². The smallest absolute Gasteiger partial charge is 0.226 e. The van der Waals surface area contributed by atoms with Crippen LogP contribution in [-0.4, -0.2) is 20.5 Å². The van der Waals surface area contributed by atoms with Crippen molar-refractivity contribution in [2.45, 2.75) is 13.8 Å². The van der Waals surface area contributed by atoms with Gasteiger partial charge in [0.2, 0.25) is 5.91 Å².